The smallest absolute Gasteiger partial charge is 0.183 e. The van der Waals surface area contributed by atoms with Crippen LogP contribution in [0.25, 0.3) is 28.4 Å². The molecule has 5 nitrogen and oxygen atoms in total. The van der Waals surface area contributed by atoms with Crippen LogP contribution in [-0.2, 0) is 0 Å². The number of aromatic nitrogens is 3. The van der Waals surface area contributed by atoms with Gasteiger partial charge in [0, 0.05) is 11.9 Å². The van der Waals surface area contributed by atoms with Gasteiger partial charge >= 0.3 is 0 Å². The fourth-order valence-corrected chi connectivity index (χ4v) is 2.46. The SMILES string of the molecule is COc1ccc(-n2c(-c3ccco3)nc3cccnc32)cc1. The average molecular weight is 291 g/mol. The van der Waals surface area contributed by atoms with Crippen LogP contribution in [0.1, 0.15) is 0 Å². The maximum Gasteiger partial charge on any atom is 0.183 e. The Bertz CT molecular complexity index is 909. The van der Waals surface area contributed by atoms with Gasteiger partial charge in [0.2, 0.25) is 0 Å². The van der Waals surface area contributed by atoms with Crippen molar-refractivity contribution in [3.05, 3.63) is 61.0 Å². The van der Waals surface area contributed by atoms with E-state index >= 15 is 0 Å². The van der Waals surface area contributed by atoms with E-state index in [1.807, 2.05) is 53.1 Å². The van der Waals surface area contributed by atoms with Gasteiger partial charge in [-0.1, -0.05) is 0 Å². The van der Waals surface area contributed by atoms with E-state index in [9.17, 15) is 0 Å². The third kappa shape index (κ3) is 1.95. The van der Waals surface area contributed by atoms with Crippen molar-refractivity contribution in [1.82, 2.24) is 14.5 Å². The first kappa shape index (κ1) is 12.6. The van der Waals surface area contributed by atoms with Gasteiger partial charge in [0.15, 0.2) is 17.2 Å². The molecule has 0 bridgehead atoms. The zero-order chi connectivity index (χ0) is 14.9. The molecule has 0 radical (unpaired) electrons. The predicted octanol–water partition coefficient (Wildman–Crippen LogP) is 3.69. The molecule has 0 saturated heterocycles. The summed E-state index contributed by atoms with van der Waals surface area (Å²) in [5.74, 6) is 2.23. The molecule has 0 saturated carbocycles. The largest absolute Gasteiger partial charge is 0.497 e. The summed E-state index contributed by atoms with van der Waals surface area (Å²) in [5, 5.41) is 0. The molecule has 0 atom stereocenters. The van der Waals surface area contributed by atoms with Crippen molar-refractivity contribution in [3.8, 4) is 23.0 Å². The second-order valence-corrected chi connectivity index (χ2v) is 4.79. The van der Waals surface area contributed by atoms with Gasteiger partial charge in [0.1, 0.15) is 11.3 Å². The van der Waals surface area contributed by atoms with Crippen LogP contribution in [0.4, 0.5) is 0 Å². The molecule has 0 N–H and O–H groups in total. The Morgan fingerprint density at radius 3 is 2.64 bits per heavy atom. The first-order valence-electron chi connectivity index (χ1n) is 6.88. The van der Waals surface area contributed by atoms with E-state index in [1.54, 1.807) is 19.6 Å². The Morgan fingerprint density at radius 1 is 1.05 bits per heavy atom. The van der Waals surface area contributed by atoms with E-state index < -0.39 is 0 Å². The molecule has 0 aliphatic rings. The van der Waals surface area contributed by atoms with Gasteiger partial charge in [-0.25, -0.2) is 9.97 Å². The van der Waals surface area contributed by atoms with Gasteiger partial charge in [-0.2, -0.15) is 0 Å². The van der Waals surface area contributed by atoms with E-state index in [1.165, 1.54) is 0 Å². The summed E-state index contributed by atoms with van der Waals surface area (Å²) in [7, 11) is 1.65. The molecule has 0 aliphatic heterocycles. The van der Waals surface area contributed by atoms with Crippen molar-refractivity contribution in [3.63, 3.8) is 0 Å². The lowest BCUT2D eigenvalue weighted by Crippen LogP contribution is -1.98. The summed E-state index contributed by atoms with van der Waals surface area (Å²) in [6, 6.07) is 15.3. The van der Waals surface area contributed by atoms with E-state index in [-0.39, 0.29) is 0 Å². The molecule has 4 rings (SSSR count). The first-order valence-corrected chi connectivity index (χ1v) is 6.88. The molecular weight excluding hydrogens is 278 g/mol. The van der Waals surface area contributed by atoms with Crippen molar-refractivity contribution >= 4 is 11.2 Å². The summed E-state index contributed by atoms with van der Waals surface area (Å²) >= 11 is 0. The highest BCUT2D eigenvalue weighted by Gasteiger charge is 2.16. The monoisotopic (exact) mass is 291 g/mol. The third-order valence-electron chi connectivity index (χ3n) is 3.49. The number of furan rings is 1. The number of imidazole rings is 1. The molecule has 22 heavy (non-hydrogen) atoms. The number of ether oxygens (including phenoxy) is 1. The molecule has 108 valence electrons. The van der Waals surface area contributed by atoms with Gasteiger partial charge in [-0.3, -0.25) is 4.57 Å². The van der Waals surface area contributed by atoms with Crippen LogP contribution >= 0.6 is 0 Å². The zero-order valence-corrected chi connectivity index (χ0v) is 11.9. The van der Waals surface area contributed by atoms with Crippen molar-refractivity contribution in [2.75, 3.05) is 7.11 Å². The minimum atomic E-state index is 0.703. The van der Waals surface area contributed by atoms with Crippen LogP contribution in [0.5, 0.6) is 5.75 Å². The fraction of sp³-hybridized carbons (Fsp3) is 0.0588. The maximum atomic E-state index is 5.52. The topological polar surface area (TPSA) is 53.1 Å². The number of hydrogen-bond donors (Lipinski definition) is 0. The van der Waals surface area contributed by atoms with E-state index in [0.717, 1.165) is 28.4 Å². The predicted molar refractivity (Wildman–Crippen MR) is 83.1 cm³/mol. The summed E-state index contributed by atoms with van der Waals surface area (Å²) in [4.78, 5) is 9.11. The van der Waals surface area contributed by atoms with Crippen LogP contribution in [0, 0.1) is 0 Å². The zero-order valence-electron chi connectivity index (χ0n) is 11.9. The lowest BCUT2D eigenvalue weighted by atomic mass is 10.3. The summed E-state index contributed by atoms with van der Waals surface area (Å²) < 4.78 is 12.7. The third-order valence-corrected chi connectivity index (χ3v) is 3.49. The Morgan fingerprint density at radius 2 is 1.91 bits per heavy atom. The van der Waals surface area contributed by atoms with Crippen LogP contribution < -0.4 is 4.74 Å². The molecule has 1 aromatic carbocycles. The number of benzene rings is 1. The van der Waals surface area contributed by atoms with E-state index in [2.05, 4.69) is 9.97 Å². The second kappa shape index (κ2) is 5.04. The van der Waals surface area contributed by atoms with Crippen molar-refractivity contribution in [2.45, 2.75) is 0 Å². The van der Waals surface area contributed by atoms with Crippen molar-refractivity contribution < 1.29 is 9.15 Å². The average Bonchev–Trinajstić information content (AvgIpc) is 3.22. The normalized spacial score (nSPS) is 11.0. The molecule has 0 unspecified atom stereocenters. The van der Waals surface area contributed by atoms with Gasteiger partial charge < -0.3 is 9.15 Å². The highest BCUT2D eigenvalue weighted by Crippen LogP contribution is 2.28. The van der Waals surface area contributed by atoms with Crippen LogP contribution in [0.3, 0.4) is 0 Å². The van der Waals surface area contributed by atoms with Crippen LogP contribution in [0.2, 0.25) is 0 Å². The minimum absolute atomic E-state index is 0.703. The fourth-order valence-electron chi connectivity index (χ4n) is 2.46. The Kier molecular flexibility index (Phi) is 2.89. The number of nitrogens with zero attached hydrogens (tertiary/aromatic N) is 3. The molecule has 0 fully saturated rings. The van der Waals surface area contributed by atoms with Crippen molar-refractivity contribution in [2.24, 2.45) is 0 Å². The molecule has 0 amide bonds. The lowest BCUT2D eigenvalue weighted by molar-refractivity contribution is 0.415. The van der Waals surface area contributed by atoms with Crippen LogP contribution in [0.15, 0.2) is 65.4 Å². The number of pyridine rings is 1. The standard InChI is InChI=1S/C17H13N3O2/c1-21-13-8-6-12(7-9-13)20-16-14(4-2-10-18-16)19-17(20)15-5-3-11-22-15/h2-11H,1H3. The summed E-state index contributed by atoms with van der Waals surface area (Å²) in [6.45, 7) is 0. The van der Waals surface area contributed by atoms with Crippen LogP contribution in [-0.4, -0.2) is 21.6 Å². The highest BCUT2D eigenvalue weighted by molar-refractivity contribution is 5.78. The number of fused-ring (bicyclic) bond motifs is 1. The minimum Gasteiger partial charge on any atom is -0.497 e. The second-order valence-electron chi connectivity index (χ2n) is 4.79. The Labute approximate surface area is 126 Å². The highest BCUT2D eigenvalue weighted by atomic mass is 16.5. The summed E-state index contributed by atoms with van der Waals surface area (Å²) in [6.07, 6.45) is 3.40. The molecular formula is C17H13N3O2. The summed E-state index contributed by atoms with van der Waals surface area (Å²) in [5.41, 5.74) is 2.57. The van der Waals surface area contributed by atoms with E-state index in [0.29, 0.717) is 5.76 Å². The Hall–Kier alpha value is -3.08. The number of hydrogen-bond acceptors (Lipinski definition) is 4. The van der Waals surface area contributed by atoms with Gasteiger partial charge in [0.25, 0.3) is 0 Å². The first-order chi connectivity index (χ1) is 10.9. The number of rotatable bonds is 3. The molecule has 3 heterocycles. The molecule has 5 heteroatoms. The number of methoxy groups -OCH3 is 1. The Balaban J connectivity index is 1.99. The van der Waals surface area contributed by atoms with Gasteiger partial charge in [0.05, 0.1) is 13.4 Å². The van der Waals surface area contributed by atoms with E-state index in [4.69, 9.17) is 9.15 Å². The van der Waals surface area contributed by atoms with Gasteiger partial charge in [-0.05, 0) is 48.5 Å². The van der Waals surface area contributed by atoms with Gasteiger partial charge in [-0.15, -0.1) is 0 Å². The lowest BCUT2D eigenvalue weighted by Gasteiger charge is -2.08. The molecule has 3 aromatic heterocycles. The maximum absolute atomic E-state index is 5.52. The molecule has 0 aliphatic carbocycles. The molecule has 0 spiro atoms. The quantitative estimate of drug-likeness (QED) is 0.577. The van der Waals surface area contributed by atoms with Crippen molar-refractivity contribution in [1.29, 1.82) is 0 Å². The molecule has 4 aromatic rings.